The predicted molar refractivity (Wildman–Crippen MR) is 141 cm³/mol. The maximum absolute atomic E-state index is 13.1. The number of amides is 3. The number of aliphatic hydroxyl groups excluding tert-OH is 1. The number of aliphatic imine (C=N–C) groups is 1. The van der Waals surface area contributed by atoms with Crippen LogP contribution in [0.3, 0.4) is 0 Å². The van der Waals surface area contributed by atoms with Gasteiger partial charge >= 0.3 is 6.09 Å². The molecule has 0 fully saturated rings. The molecule has 0 aliphatic heterocycles. The van der Waals surface area contributed by atoms with Crippen LogP contribution in [0.1, 0.15) is 24.0 Å². The first-order chi connectivity index (χ1) is 18.3. The molecule has 2 rings (SSSR count). The second-order valence-corrected chi connectivity index (χ2v) is 8.39. The first kappa shape index (κ1) is 29.8. The van der Waals surface area contributed by atoms with Crippen molar-refractivity contribution in [2.45, 2.75) is 44.0 Å². The summed E-state index contributed by atoms with van der Waals surface area (Å²) in [5.41, 5.74) is 12.0. The van der Waals surface area contributed by atoms with Gasteiger partial charge in [-0.05, 0) is 24.0 Å². The highest BCUT2D eigenvalue weighted by atomic mass is 16.5. The molecule has 3 amide bonds. The van der Waals surface area contributed by atoms with E-state index in [1.165, 1.54) is 0 Å². The number of hydrogen-bond donors (Lipinski definition) is 6. The van der Waals surface area contributed by atoms with E-state index in [-0.39, 0.29) is 32.0 Å². The largest absolute Gasteiger partial charge is 0.445 e. The van der Waals surface area contributed by atoms with Crippen LogP contribution in [0.25, 0.3) is 0 Å². The number of rotatable bonds is 15. The van der Waals surface area contributed by atoms with Crippen molar-refractivity contribution in [2.75, 3.05) is 13.2 Å². The molecule has 0 unspecified atom stereocenters. The lowest BCUT2D eigenvalue weighted by atomic mass is 10.0. The van der Waals surface area contributed by atoms with Gasteiger partial charge in [-0.1, -0.05) is 60.7 Å². The topological polar surface area (TPSA) is 198 Å². The summed E-state index contributed by atoms with van der Waals surface area (Å²) in [4.78, 5) is 53.4. The highest BCUT2D eigenvalue weighted by Gasteiger charge is 2.28. The van der Waals surface area contributed by atoms with Gasteiger partial charge in [-0.25, -0.2) is 4.79 Å². The molecule has 0 heterocycles. The third-order valence-corrected chi connectivity index (χ3v) is 5.38. The lowest BCUT2D eigenvalue weighted by Gasteiger charge is -2.23. The fourth-order valence-corrected chi connectivity index (χ4v) is 3.41. The Hall–Kier alpha value is -4.45. The highest BCUT2D eigenvalue weighted by molar-refractivity contribution is 5.92. The fraction of sp³-hybridized carbons (Fsp3) is 0.346. The van der Waals surface area contributed by atoms with Crippen molar-refractivity contribution in [3.8, 4) is 0 Å². The zero-order chi connectivity index (χ0) is 27.8. The molecule has 0 saturated heterocycles. The highest BCUT2D eigenvalue weighted by Crippen LogP contribution is 2.06. The molecule has 12 heteroatoms. The van der Waals surface area contributed by atoms with Gasteiger partial charge in [0.2, 0.25) is 11.8 Å². The Balaban J connectivity index is 2.01. The summed E-state index contributed by atoms with van der Waals surface area (Å²) in [6, 6.07) is 14.6. The molecule has 0 aliphatic carbocycles. The van der Waals surface area contributed by atoms with Crippen molar-refractivity contribution in [1.29, 1.82) is 0 Å². The van der Waals surface area contributed by atoms with Crippen LogP contribution in [0, 0.1) is 0 Å². The van der Waals surface area contributed by atoms with Gasteiger partial charge in [0.05, 0.1) is 12.6 Å². The van der Waals surface area contributed by atoms with Crippen molar-refractivity contribution in [3.05, 3.63) is 71.8 Å². The molecule has 204 valence electrons. The van der Waals surface area contributed by atoms with E-state index in [9.17, 15) is 24.3 Å². The Morgan fingerprint density at radius 3 is 2.08 bits per heavy atom. The van der Waals surface area contributed by atoms with Crippen LogP contribution in [0.2, 0.25) is 0 Å². The van der Waals surface area contributed by atoms with Crippen molar-refractivity contribution in [1.82, 2.24) is 16.0 Å². The number of nitrogens with zero attached hydrogens (tertiary/aromatic N) is 1. The number of nitrogens with two attached hydrogens (primary N) is 2. The van der Waals surface area contributed by atoms with Gasteiger partial charge in [0.25, 0.3) is 0 Å². The maximum atomic E-state index is 13.1. The summed E-state index contributed by atoms with van der Waals surface area (Å²) in [7, 11) is 0. The third-order valence-electron chi connectivity index (χ3n) is 5.38. The van der Waals surface area contributed by atoms with Crippen LogP contribution >= 0.6 is 0 Å². The molecule has 0 aromatic heterocycles. The van der Waals surface area contributed by atoms with Crippen LogP contribution in [-0.2, 0) is 32.1 Å². The summed E-state index contributed by atoms with van der Waals surface area (Å²) in [5, 5.41) is 17.2. The Bertz CT molecular complexity index is 1060. The van der Waals surface area contributed by atoms with E-state index in [1.807, 2.05) is 24.3 Å². The number of aldehydes is 1. The van der Waals surface area contributed by atoms with Crippen molar-refractivity contribution >= 4 is 30.2 Å². The zero-order valence-electron chi connectivity index (χ0n) is 20.9. The van der Waals surface area contributed by atoms with Gasteiger partial charge in [0.15, 0.2) is 5.96 Å². The van der Waals surface area contributed by atoms with E-state index in [0.29, 0.717) is 12.7 Å². The van der Waals surface area contributed by atoms with Gasteiger partial charge < -0.3 is 42.1 Å². The number of ether oxygens (including phenoxy) is 1. The number of aliphatic hydroxyl groups is 1. The van der Waals surface area contributed by atoms with Gasteiger partial charge in [0.1, 0.15) is 25.0 Å². The maximum Gasteiger partial charge on any atom is 0.408 e. The van der Waals surface area contributed by atoms with E-state index >= 15 is 0 Å². The Morgan fingerprint density at radius 2 is 1.50 bits per heavy atom. The molecule has 0 spiro atoms. The molecule has 8 N–H and O–H groups in total. The number of hydrogen-bond acceptors (Lipinski definition) is 7. The zero-order valence-corrected chi connectivity index (χ0v) is 20.9. The number of alkyl carbamates (subject to hydrolysis) is 1. The SMILES string of the molecule is NC(N)=NCCC[C@@H](C=O)NC(=O)[C@H](CO)NC(=O)[C@H](Cc1ccccc1)NC(=O)OCc1ccccc1. The van der Waals surface area contributed by atoms with Gasteiger partial charge in [-0.15, -0.1) is 0 Å². The minimum absolute atomic E-state index is 0.00425. The molecule has 0 saturated carbocycles. The normalized spacial score (nSPS) is 12.8. The van der Waals surface area contributed by atoms with E-state index in [4.69, 9.17) is 16.2 Å². The van der Waals surface area contributed by atoms with E-state index < -0.39 is 42.6 Å². The summed E-state index contributed by atoms with van der Waals surface area (Å²) in [5.74, 6) is -1.55. The van der Waals surface area contributed by atoms with Crippen LogP contribution in [0.5, 0.6) is 0 Å². The summed E-state index contributed by atoms with van der Waals surface area (Å²) in [6.07, 6.45) is 0.507. The Morgan fingerprint density at radius 1 is 0.895 bits per heavy atom. The monoisotopic (exact) mass is 526 g/mol. The average molecular weight is 527 g/mol. The first-order valence-electron chi connectivity index (χ1n) is 12.1. The number of carbonyl (C=O) groups excluding carboxylic acids is 4. The van der Waals surface area contributed by atoms with Crippen molar-refractivity contribution in [2.24, 2.45) is 16.5 Å². The summed E-state index contributed by atoms with van der Waals surface area (Å²) >= 11 is 0. The Kier molecular flexibility index (Phi) is 12.8. The standard InChI is InChI=1S/C26H34N6O6/c27-25(28)29-13-7-12-20(15-33)30-24(36)22(16-34)31-23(35)21(14-18-8-3-1-4-9-18)32-26(37)38-17-19-10-5-2-6-11-19/h1-6,8-11,15,20-22,34H,7,12-14,16-17H2,(H,30,36)(H,31,35)(H,32,37)(H4,27,28,29)/t20-,21-,22-/m0/s1. The van der Waals surface area contributed by atoms with Gasteiger partial charge in [-0.3, -0.25) is 14.6 Å². The second-order valence-electron chi connectivity index (χ2n) is 8.39. The van der Waals surface area contributed by atoms with Crippen LogP contribution in [-0.4, -0.2) is 66.5 Å². The molecule has 0 radical (unpaired) electrons. The molecular weight excluding hydrogens is 492 g/mol. The minimum Gasteiger partial charge on any atom is -0.445 e. The molecule has 0 aliphatic rings. The summed E-state index contributed by atoms with van der Waals surface area (Å²) in [6.45, 7) is -0.451. The second kappa shape index (κ2) is 16.3. The van der Waals surface area contributed by atoms with Crippen molar-refractivity contribution in [3.63, 3.8) is 0 Å². The van der Waals surface area contributed by atoms with E-state index in [2.05, 4.69) is 20.9 Å². The molecular formula is C26H34N6O6. The molecule has 38 heavy (non-hydrogen) atoms. The van der Waals surface area contributed by atoms with Crippen LogP contribution in [0.15, 0.2) is 65.7 Å². The third kappa shape index (κ3) is 11.1. The molecule has 12 nitrogen and oxygen atoms in total. The lowest BCUT2D eigenvalue weighted by molar-refractivity contribution is -0.131. The molecule has 3 atom stereocenters. The van der Waals surface area contributed by atoms with E-state index in [1.54, 1.807) is 36.4 Å². The molecule has 2 aromatic rings. The first-order valence-corrected chi connectivity index (χ1v) is 12.1. The Labute approximate surface area is 220 Å². The molecule has 0 bridgehead atoms. The summed E-state index contributed by atoms with van der Waals surface area (Å²) < 4.78 is 5.23. The minimum atomic E-state index is -1.36. The lowest BCUT2D eigenvalue weighted by Crippen LogP contribution is -2.56. The van der Waals surface area contributed by atoms with Crippen LogP contribution < -0.4 is 27.4 Å². The predicted octanol–water partition coefficient (Wildman–Crippen LogP) is -0.261. The number of nitrogens with one attached hydrogen (secondary N) is 3. The van der Waals surface area contributed by atoms with Crippen LogP contribution in [0.4, 0.5) is 4.79 Å². The quantitative estimate of drug-likeness (QED) is 0.0789. The fourth-order valence-electron chi connectivity index (χ4n) is 3.41. The van der Waals surface area contributed by atoms with Gasteiger partial charge in [0, 0.05) is 13.0 Å². The number of guanidine groups is 1. The van der Waals surface area contributed by atoms with E-state index in [0.717, 1.165) is 11.1 Å². The number of benzene rings is 2. The average Bonchev–Trinajstić information content (AvgIpc) is 2.92. The number of carbonyl (C=O) groups is 4. The molecule has 2 aromatic carbocycles. The smallest absolute Gasteiger partial charge is 0.408 e. The van der Waals surface area contributed by atoms with Crippen molar-refractivity contribution < 1.29 is 29.0 Å². The van der Waals surface area contributed by atoms with Gasteiger partial charge in [-0.2, -0.15) is 0 Å².